The summed E-state index contributed by atoms with van der Waals surface area (Å²) in [5.41, 5.74) is 3.70. The van der Waals surface area contributed by atoms with Crippen molar-refractivity contribution in [2.24, 2.45) is 5.41 Å². The summed E-state index contributed by atoms with van der Waals surface area (Å²) in [5.74, 6) is -2.97. The Balaban J connectivity index is 1.60. The zero-order chi connectivity index (χ0) is 39.7. The van der Waals surface area contributed by atoms with E-state index in [-0.39, 0.29) is 32.3 Å². The van der Waals surface area contributed by atoms with Gasteiger partial charge in [-0.3, -0.25) is 18.7 Å². The van der Waals surface area contributed by atoms with Gasteiger partial charge in [-0.05, 0) is 68.9 Å². The Kier molecular flexibility index (Phi) is 11.6. The number of ether oxygens (including phenoxy) is 1. The van der Waals surface area contributed by atoms with E-state index < -0.39 is 59.9 Å². The number of carboxylic acids is 1. The lowest BCUT2D eigenvalue weighted by atomic mass is 9.71. The highest BCUT2D eigenvalue weighted by molar-refractivity contribution is 7.86. The number of carboxylic acid groups (broad SMARTS) is 1. The maximum atomic E-state index is 13.5. The molecule has 0 bridgehead atoms. The van der Waals surface area contributed by atoms with E-state index in [1.165, 1.54) is 0 Å². The lowest BCUT2D eigenvalue weighted by Gasteiger charge is -2.32. The maximum Gasteiger partial charge on any atom is 0.324 e. The topological polar surface area (TPSA) is 179 Å². The Morgan fingerprint density at radius 2 is 1.48 bits per heavy atom. The fraction of sp³-hybridized carbons (Fsp3) is 0.425. The molecule has 12 nitrogen and oxygen atoms in total. The van der Waals surface area contributed by atoms with Gasteiger partial charge in [-0.15, -0.1) is 0 Å². The maximum absolute atomic E-state index is 13.5. The second kappa shape index (κ2) is 15.4. The lowest BCUT2D eigenvalue weighted by Crippen LogP contribution is -2.42. The van der Waals surface area contributed by atoms with Gasteiger partial charge >= 0.3 is 11.9 Å². The number of nitrogens with zero attached hydrogens (tertiary/aromatic N) is 2. The number of allylic oxidation sites excluding steroid dienone is 8. The van der Waals surface area contributed by atoms with Crippen LogP contribution in [0.2, 0.25) is 0 Å². The van der Waals surface area contributed by atoms with Crippen molar-refractivity contribution in [3.05, 3.63) is 107 Å². The van der Waals surface area contributed by atoms with Crippen LogP contribution in [0, 0.1) is 5.41 Å². The van der Waals surface area contributed by atoms with Crippen molar-refractivity contribution in [3.63, 3.8) is 0 Å². The van der Waals surface area contributed by atoms with Crippen LogP contribution in [0.25, 0.3) is 0 Å². The number of carbonyl (C=O) groups is 2. The predicted octanol–water partition coefficient (Wildman–Crippen LogP) is 6.14. The van der Waals surface area contributed by atoms with Crippen molar-refractivity contribution < 1.29 is 49.9 Å². The highest BCUT2D eigenvalue weighted by Crippen LogP contribution is 2.48. The number of para-hydroxylation sites is 2. The summed E-state index contributed by atoms with van der Waals surface area (Å²) in [5, 5.41) is 10.6. The van der Waals surface area contributed by atoms with Crippen LogP contribution in [0.1, 0.15) is 71.4 Å². The van der Waals surface area contributed by atoms with Crippen LogP contribution in [0.4, 0.5) is 11.4 Å². The number of fused-ring (bicyclic) bond motifs is 2. The number of hydrogen-bond acceptors (Lipinski definition) is 8. The molecule has 0 amide bonds. The van der Waals surface area contributed by atoms with Gasteiger partial charge in [0, 0.05) is 47.5 Å². The standard InChI is InChI=1S/C40H48N2O10S2/c1-6-52-37(45)40(36(43)44)26-28(17-19-34-38(2,3)30-13-7-9-15-32(30)41(34)21-11-23-53(46,47)48)25-29(27-40)18-20-35-39(4,5)31-14-8-10-16-33(31)42(35)22-12-24-54(49,50)51/h7-10,13-20,25H,6,11-12,21-24,26-27H2,1-5H3,(H2-,43,44,46,47,48,49,50,51)/p+1. The summed E-state index contributed by atoms with van der Waals surface area (Å²) < 4.78 is 72.4. The summed E-state index contributed by atoms with van der Waals surface area (Å²) in [7, 11) is -8.34. The minimum atomic E-state index is -4.17. The zero-order valence-electron chi connectivity index (χ0n) is 31.3. The smallest absolute Gasteiger partial charge is 0.324 e. The van der Waals surface area contributed by atoms with E-state index >= 15 is 0 Å². The Morgan fingerprint density at radius 1 is 0.852 bits per heavy atom. The fourth-order valence-electron chi connectivity index (χ4n) is 7.91. The Morgan fingerprint density at radius 3 is 2.13 bits per heavy atom. The first-order chi connectivity index (χ1) is 25.2. The van der Waals surface area contributed by atoms with E-state index in [1.54, 1.807) is 19.1 Å². The second-order valence-electron chi connectivity index (χ2n) is 15.1. The molecule has 0 spiro atoms. The Labute approximate surface area is 317 Å². The van der Waals surface area contributed by atoms with E-state index in [4.69, 9.17) is 4.74 Å². The summed E-state index contributed by atoms with van der Waals surface area (Å²) in [6.07, 6.45) is 9.30. The van der Waals surface area contributed by atoms with Crippen molar-refractivity contribution in [1.29, 1.82) is 0 Å². The first-order valence-electron chi connectivity index (χ1n) is 17.9. The number of anilines is 1. The van der Waals surface area contributed by atoms with Crippen LogP contribution in [0.5, 0.6) is 0 Å². The molecular formula is C40H49N2O10S2+. The van der Waals surface area contributed by atoms with Crippen LogP contribution < -0.4 is 4.90 Å². The van der Waals surface area contributed by atoms with Crippen molar-refractivity contribution >= 4 is 49.3 Å². The summed E-state index contributed by atoms with van der Waals surface area (Å²) >= 11 is 0. The zero-order valence-corrected chi connectivity index (χ0v) is 32.9. The van der Waals surface area contributed by atoms with E-state index in [2.05, 4.69) is 0 Å². The van der Waals surface area contributed by atoms with E-state index in [9.17, 15) is 40.6 Å². The Hall–Kier alpha value is -4.37. The van der Waals surface area contributed by atoms with Crippen molar-refractivity contribution in [2.75, 3.05) is 36.1 Å². The van der Waals surface area contributed by atoms with Gasteiger partial charge in [-0.2, -0.15) is 21.4 Å². The molecule has 2 aromatic carbocycles. The third kappa shape index (κ3) is 8.46. The Bertz CT molecular complexity index is 2210. The molecule has 2 heterocycles. The number of benzene rings is 2. The highest BCUT2D eigenvalue weighted by atomic mass is 32.2. The van der Waals surface area contributed by atoms with E-state index in [1.807, 2.05) is 104 Å². The van der Waals surface area contributed by atoms with Crippen LogP contribution in [-0.2, 0) is 45.4 Å². The molecule has 0 saturated heterocycles. The molecule has 0 saturated carbocycles. The minimum Gasteiger partial charge on any atom is -0.480 e. The van der Waals surface area contributed by atoms with Crippen molar-refractivity contribution in [2.45, 2.75) is 71.1 Å². The van der Waals surface area contributed by atoms with E-state index in [0.717, 1.165) is 33.9 Å². The van der Waals surface area contributed by atoms with Gasteiger partial charge in [0.2, 0.25) is 5.69 Å². The molecule has 1 aliphatic carbocycles. The third-order valence-corrected chi connectivity index (χ3v) is 12.1. The minimum absolute atomic E-state index is 0.000287. The van der Waals surface area contributed by atoms with Gasteiger partial charge in [0.15, 0.2) is 11.1 Å². The molecule has 3 aliphatic rings. The van der Waals surface area contributed by atoms with Crippen LogP contribution in [0.3, 0.4) is 0 Å². The summed E-state index contributed by atoms with van der Waals surface area (Å²) in [6.45, 7) is 10.4. The average molecular weight is 782 g/mol. The molecule has 0 aromatic heterocycles. The van der Waals surface area contributed by atoms with Gasteiger partial charge < -0.3 is 14.7 Å². The SMILES string of the molecule is CCOC(=O)C1(C(=O)O)CC(/C=C/C2=[N+](CCCS(=O)(=O)O)c3ccccc3C2(C)C)=CC(=C/C=C2/N(CCCS(=O)(=O)O)c3ccccc3C2(C)C)/C1. The fourth-order valence-corrected chi connectivity index (χ4v) is 8.90. The van der Waals surface area contributed by atoms with Gasteiger partial charge in [0.05, 0.1) is 23.5 Å². The first-order valence-corrected chi connectivity index (χ1v) is 21.2. The number of rotatable bonds is 14. The average Bonchev–Trinajstić information content (AvgIpc) is 3.43. The van der Waals surface area contributed by atoms with Crippen LogP contribution in [0.15, 0.2) is 95.8 Å². The van der Waals surface area contributed by atoms with Gasteiger partial charge in [0.25, 0.3) is 20.2 Å². The summed E-state index contributed by atoms with van der Waals surface area (Å²) in [6, 6.07) is 15.6. The molecule has 2 aromatic rings. The molecule has 0 radical (unpaired) electrons. The van der Waals surface area contributed by atoms with Crippen molar-refractivity contribution in [3.8, 4) is 0 Å². The first kappa shape index (κ1) is 40.8. The molecule has 5 rings (SSSR count). The van der Waals surface area contributed by atoms with Crippen LogP contribution >= 0.6 is 0 Å². The molecule has 54 heavy (non-hydrogen) atoms. The highest BCUT2D eigenvalue weighted by Gasteiger charge is 2.50. The summed E-state index contributed by atoms with van der Waals surface area (Å²) in [4.78, 5) is 28.6. The van der Waals surface area contributed by atoms with E-state index in [0.29, 0.717) is 24.2 Å². The van der Waals surface area contributed by atoms with Crippen molar-refractivity contribution in [1.82, 2.24) is 0 Å². The largest absolute Gasteiger partial charge is 0.480 e. The normalized spacial score (nSPS) is 22.1. The molecule has 1 unspecified atom stereocenters. The molecule has 2 aliphatic heterocycles. The van der Waals surface area contributed by atoms with Gasteiger partial charge in [-0.1, -0.05) is 68.5 Å². The quantitative estimate of drug-likeness (QED) is 0.0869. The van der Waals surface area contributed by atoms with Gasteiger partial charge in [0.1, 0.15) is 6.54 Å². The molecule has 0 fully saturated rings. The number of carbonyl (C=O) groups excluding carboxylic acids is 1. The number of hydrogen-bond donors (Lipinski definition) is 3. The number of aliphatic carboxylic acids is 1. The van der Waals surface area contributed by atoms with Crippen LogP contribution in [-0.4, -0.2) is 84.5 Å². The molecule has 3 N–H and O–H groups in total. The molecule has 14 heteroatoms. The molecule has 1 atom stereocenters. The lowest BCUT2D eigenvalue weighted by molar-refractivity contribution is -0.437. The predicted molar refractivity (Wildman–Crippen MR) is 207 cm³/mol. The molecular weight excluding hydrogens is 733 g/mol. The molecule has 290 valence electrons. The monoisotopic (exact) mass is 781 g/mol. The third-order valence-electron chi connectivity index (χ3n) is 10.5. The van der Waals surface area contributed by atoms with Gasteiger partial charge in [-0.25, -0.2) is 0 Å². The number of esters is 1. The second-order valence-corrected chi connectivity index (χ2v) is 18.2.